The van der Waals surface area contributed by atoms with Crippen LogP contribution < -0.4 is 5.32 Å². The molecule has 2 fully saturated rings. The summed E-state index contributed by atoms with van der Waals surface area (Å²) in [4.78, 5) is 8.79. The zero-order valence-corrected chi connectivity index (χ0v) is 14.0. The second kappa shape index (κ2) is 6.12. The number of hydrogen-bond donors (Lipinski definition) is 1. The molecule has 0 aromatic carbocycles. The van der Waals surface area contributed by atoms with Gasteiger partial charge in [0.2, 0.25) is 16.0 Å². The third-order valence-corrected chi connectivity index (χ3v) is 6.76. The number of nitrogens with zero attached hydrogens (tertiary/aromatic N) is 3. The summed E-state index contributed by atoms with van der Waals surface area (Å²) < 4.78 is 26.1. The fourth-order valence-corrected chi connectivity index (χ4v) is 4.65. The second-order valence-corrected chi connectivity index (χ2v) is 8.73. The van der Waals surface area contributed by atoms with Gasteiger partial charge in [-0.3, -0.25) is 0 Å². The van der Waals surface area contributed by atoms with Crippen LogP contribution in [0.2, 0.25) is 0 Å². The minimum atomic E-state index is -3.03. The summed E-state index contributed by atoms with van der Waals surface area (Å²) in [6.45, 7) is 5.40. The number of rotatable bonds is 5. The topological polar surface area (TPSA) is 75.2 Å². The number of piperidine rings is 1. The molecule has 122 valence electrons. The van der Waals surface area contributed by atoms with E-state index >= 15 is 0 Å². The molecule has 22 heavy (non-hydrogen) atoms. The molecule has 2 heterocycles. The highest BCUT2D eigenvalue weighted by Gasteiger charge is 2.41. The molecular formula is C15H24N4O2S. The number of aromatic nitrogens is 2. The maximum absolute atomic E-state index is 12.2. The molecular weight excluding hydrogens is 300 g/mol. The molecule has 0 spiro atoms. The van der Waals surface area contributed by atoms with Gasteiger partial charge in [0.1, 0.15) is 0 Å². The number of anilines is 1. The van der Waals surface area contributed by atoms with Gasteiger partial charge in [0.15, 0.2) is 0 Å². The first-order valence-electron chi connectivity index (χ1n) is 8.05. The fourth-order valence-electron chi connectivity index (χ4n) is 2.78. The molecule has 2 aliphatic rings. The van der Waals surface area contributed by atoms with Crippen molar-refractivity contribution in [3.05, 3.63) is 18.0 Å². The first-order chi connectivity index (χ1) is 10.5. The summed E-state index contributed by atoms with van der Waals surface area (Å²) in [7, 11) is -3.03. The highest BCUT2D eigenvalue weighted by atomic mass is 32.2. The van der Waals surface area contributed by atoms with Crippen molar-refractivity contribution >= 4 is 16.0 Å². The third-order valence-electron chi connectivity index (χ3n) is 4.36. The predicted octanol–water partition coefficient (Wildman–Crippen LogP) is 1.97. The van der Waals surface area contributed by atoms with Crippen molar-refractivity contribution < 1.29 is 8.42 Å². The Hall–Kier alpha value is -1.21. The molecule has 1 aliphatic heterocycles. The summed E-state index contributed by atoms with van der Waals surface area (Å²) in [5.74, 6) is 1.02. The van der Waals surface area contributed by atoms with Gasteiger partial charge < -0.3 is 5.32 Å². The van der Waals surface area contributed by atoms with E-state index in [9.17, 15) is 8.42 Å². The normalized spacial score (nSPS) is 21.2. The minimum Gasteiger partial charge on any atom is -0.351 e. The van der Waals surface area contributed by atoms with Crippen LogP contribution in [0.4, 0.5) is 5.95 Å². The first-order valence-corrected chi connectivity index (χ1v) is 9.55. The van der Waals surface area contributed by atoms with Crippen LogP contribution >= 0.6 is 0 Å². The maximum Gasteiger partial charge on any atom is 0.223 e. The van der Waals surface area contributed by atoms with Crippen LogP contribution in [0.3, 0.4) is 0 Å². The largest absolute Gasteiger partial charge is 0.351 e. The van der Waals surface area contributed by atoms with E-state index in [4.69, 9.17) is 0 Å². The van der Waals surface area contributed by atoms with Gasteiger partial charge in [0.05, 0.1) is 5.25 Å². The maximum atomic E-state index is 12.2. The standard InChI is InChI=1S/C15H24N4O2S/c1-11(2)14-5-8-16-15(18-14)17-12-6-9-19(10-7-12)22(20,21)13-3-4-13/h5,8,11-13H,3-4,6-7,9-10H2,1-2H3,(H,16,17,18). The van der Waals surface area contributed by atoms with Crippen molar-refractivity contribution in [1.82, 2.24) is 14.3 Å². The average Bonchev–Trinajstić information content (AvgIpc) is 3.33. The van der Waals surface area contributed by atoms with Crippen LogP contribution in [-0.2, 0) is 10.0 Å². The predicted molar refractivity (Wildman–Crippen MR) is 86.3 cm³/mol. The van der Waals surface area contributed by atoms with E-state index in [1.807, 2.05) is 6.07 Å². The zero-order chi connectivity index (χ0) is 15.7. The Labute approximate surface area is 132 Å². The summed E-state index contributed by atoms with van der Waals surface area (Å²) in [5, 5.41) is 3.24. The lowest BCUT2D eigenvalue weighted by atomic mass is 10.1. The van der Waals surface area contributed by atoms with E-state index in [1.165, 1.54) is 0 Å². The monoisotopic (exact) mass is 324 g/mol. The van der Waals surface area contributed by atoms with Crippen LogP contribution in [0.1, 0.15) is 51.1 Å². The summed E-state index contributed by atoms with van der Waals surface area (Å²) in [6, 6.07) is 2.17. The Balaban J connectivity index is 1.57. The lowest BCUT2D eigenvalue weighted by Crippen LogP contribution is -2.43. The highest BCUT2D eigenvalue weighted by Crippen LogP contribution is 2.32. The molecule has 0 bridgehead atoms. The second-order valence-electron chi connectivity index (χ2n) is 6.52. The summed E-state index contributed by atoms with van der Waals surface area (Å²) >= 11 is 0. The molecule has 1 N–H and O–H groups in total. The van der Waals surface area contributed by atoms with Crippen LogP contribution in [0.5, 0.6) is 0 Å². The van der Waals surface area contributed by atoms with Crippen molar-refractivity contribution in [1.29, 1.82) is 0 Å². The molecule has 6 nitrogen and oxygen atoms in total. The molecule has 0 amide bonds. The molecule has 3 rings (SSSR count). The van der Waals surface area contributed by atoms with Crippen LogP contribution in [-0.4, -0.2) is 47.1 Å². The SMILES string of the molecule is CC(C)c1ccnc(NC2CCN(S(=O)(=O)C3CC3)CC2)n1. The van der Waals surface area contributed by atoms with Gasteiger partial charge in [-0.05, 0) is 37.7 Å². The van der Waals surface area contributed by atoms with Crippen molar-refractivity contribution in [2.45, 2.75) is 56.7 Å². The van der Waals surface area contributed by atoms with E-state index in [0.29, 0.717) is 25.0 Å². The fraction of sp³-hybridized carbons (Fsp3) is 0.733. The molecule has 1 saturated heterocycles. The molecule has 0 unspecified atom stereocenters. The van der Waals surface area contributed by atoms with E-state index in [0.717, 1.165) is 31.4 Å². The van der Waals surface area contributed by atoms with Crippen molar-refractivity contribution in [2.75, 3.05) is 18.4 Å². The van der Waals surface area contributed by atoms with E-state index in [2.05, 4.69) is 29.1 Å². The molecule has 7 heteroatoms. The molecule has 0 atom stereocenters. The zero-order valence-electron chi connectivity index (χ0n) is 13.2. The highest BCUT2D eigenvalue weighted by molar-refractivity contribution is 7.90. The molecule has 0 radical (unpaired) electrons. The van der Waals surface area contributed by atoms with E-state index in [-0.39, 0.29) is 11.3 Å². The van der Waals surface area contributed by atoms with Crippen LogP contribution in [0.15, 0.2) is 12.3 Å². The molecule has 1 aliphatic carbocycles. The Morgan fingerprint density at radius 2 is 1.91 bits per heavy atom. The Morgan fingerprint density at radius 3 is 2.50 bits per heavy atom. The van der Waals surface area contributed by atoms with Gasteiger partial charge in [-0.15, -0.1) is 0 Å². The lowest BCUT2D eigenvalue weighted by Gasteiger charge is -2.31. The van der Waals surface area contributed by atoms with E-state index < -0.39 is 10.0 Å². The van der Waals surface area contributed by atoms with Crippen molar-refractivity contribution in [2.24, 2.45) is 0 Å². The van der Waals surface area contributed by atoms with Crippen molar-refractivity contribution in [3.63, 3.8) is 0 Å². The quantitative estimate of drug-likeness (QED) is 0.896. The van der Waals surface area contributed by atoms with Crippen molar-refractivity contribution in [3.8, 4) is 0 Å². The van der Waals surface area contributed by atoms with E-state index in [1.54, 1.807) is 10.5 Å². The number of sulfonamides is 1. The lowest BCUT2D eigenvalue weighted by molar-refractivity contribution is 0.328. The third kappa shape index (κ3) is 3.41. The number of hydrogen-bond acceptors (Lipinski definition) is 5. The minimum absolute atomic E-state index is 0.108. The Kier molecular flexibility index (Phi) is 4.36. The smallest absolute Gasteiger partial charge is 0.223 e. The van der Waals surface area contributed by atoms with Gasteiger partial charge in [-0.25, -0.2) is 22.7 Å². The van der Waals surface area contributed by atoms with Gasteiger partial charge in [-0.2, -0.15) is 0 Å². The first kappa shape index (κ1) is 15.7. The average molecular weight is 324 g/mol. The molecule has 1 saturated carbocycles. The van der Waals surface area contributed by atoms with Gasteiger partial charge in [-0.1, -0.05) is 13.8 Å². The number of nitrogens with one attached hydrogen (secondary N) is 1. The van der Waals surface area contributed by atoms with Crippen LogP contribution in [0, 0.1) is 0 Å². The molecule has 1 aromatic heterocycles. The van der Waals surface area contributed by atoms with Gasteiger partial charge in [0, 0.05) is 31.0 Å². The molecule has 1 aromatic rings. The Morgan fingerprint density at radius 1 is 1.23 bits per heavy atom. The summed E-state index contributed by atoms with van der Waals surface area (Å²) in [5.41, 5.74) is 1.02. The van der Waals surface area contributed by atoms with Gasteiger partial charge >= 0.3 is 0 Å². The Bertz CT molecular complexity index is 620. The van der Waals surface area contributed by atoms with Crippen LogP contribution in [0.25, 0.3) is 0 Å². The van der Waals surface area contributed by atoms with Gasteiger partial charge in [0.25, 0.3) is 0 Å². The summed E-state index contributed by atoms with van der Waals surface area (Å²) in [6.07, 6.45) is 5.05.